The Morgan fingerprint density at radius 1 is 1.25 bits per heavy atom. The largest absolute Gasteiger partial charge is 0.478 e. The molecule has 2 aromatic heterocycles. The molecule has 0 aliphatic rings. The highest BCUT2D eigenvalue weighted by atomic mass is 32.1. The number of carboxylic acid groups (broad SMARTS) is 1. The van der Waals surface area contributed by atoms with Crippen LogP contribution in [-0.4, -0.2) is 38.5 Å². The summed E-state index contributed by atoms with van der Waals surface area (Å²) < 4.78 is 1.30. The van der Waals surface area contributed by atoms with Crippen LogP contribution < -0.4 is 5.56 Å². The molecule has 0 aliphatic heterocycles. The van der Waals surface area contributed by atoms with Crippen LogP contribution in [0, 0.1) is 0 Å². The third-order valence-electron chi connectivity index (χ3n) is 4.45. The number of amides is 1. The van der Waals surface area contributed by atoms with E-state index >= 15 is 0 Å². The minimum Gasteiger partial charge on any atom is -0.478 e. The van der Waals surface area contributed by atoms with Gasteiger partial charge in [0.05, 0.1) is 10.9 Å². The zero-order chi connectivity index (χ0) is 20.4. The van der Waals surface area contributed by atoms with Crippen LogP contribution >= 0.6 is 11.3 Å². The molecule has 0 atom stereocenters. The van der Waals surface area contributed by atoms with Gasteiger partial charge in [0.15, 0.2) is 0 Å². The number of benzene rings is 1. The van der Waals surface area contributed by atoms with Gasteiger partial charge in [-0.2, -0.15) is 0 Å². The number of hydrogen-bond donors (Lipinski definition) is 1. The molecule has 0 bridgehead atoms. The van der Waals surface area contributed by atoms with Crippen molar-refractivity contribution in [3.8, 4) is 0 Å². The second-order valence-electron chi connectivity index (χ2n) is 6.89. The van der Waals surface area contributed by atoms with Gasteiger partial charge in [0.25, 0.3) is 5.56 Å². The van der Waals surface area contributed by atoms with E-state index < -0.39 is 11.5 Å². The van der Waals surface area contributed by atoms with Crippen molar-refractivity contribution in [1.29, 1.82) is 0 Å². The Balaban J connectivity index is 1.98. The Kier molecular flexibility index (Phi) is 5.60. The lowest BCUT2D eigenvalue weighted by atomic mass is 10.1. The predicted molar refractivity (Wildman–Crippen MR) is 108 cm³/mol. The van der Waals surface area contributed by atoms with Crippen LogP contribution in [-0.2, 0) is 17.9 Å². The van der Waals surface area contributed by atoms with E-state index in [1.54, 1.807) is 11.9 Å². The molecule has 1 amide bonds. The Labute approximate surface area is 165 Å². The van der Waals surface area contributed by atoms with Gasteiger partial charge in [-0.1, -0.05) is 44.2 Å². The first-order chi connectivity index (χ1) is 13.3. The Morgan fingerprint density at radius 3 is 2.54 bits per heavy atom. The van der Waals surface area contributed by atoms with E-state index in [1.165, 1.54) is 9.95 Å². The molecule has 0 saturated carbocycles. The number of hydrogen-bond acceptors (Lipinski definition) is 5. The molecule has 0 radical (unpaired) electrons. The van der Waals surface area contributed by atoms with E-state index in [4.69, 9.17) is 0 Å². The van der Waals surface area contributed by atoms with Crippen molar-refractivity contribution < 1.29 is 14.7 Å². The minimum absolute atomic E-state index is 0.0559. The molecule has 0 unspecified atom stereocenters. The predicted octanol–water partition coefficient (Wildman–Crippen LogP) is 2.94. The van der Waals surface area contributed by atoms with Gasteiger partial charge in [-0.05, 0) is 5.56 Å². The molecule has 1 N–H and O–H groups in total. The highest BCUT2D eigenvalue weighted by Gasteiger charge is 2.22. The molecule has 8 heteroatoms. The summed E-state index contributed by atoms with van der Waals surface area (Å²) >= 11 is 1.12. The average molecular weight is 399 g/mol. The van der Waals surface area contributed by atoms with E-state index in [0.29, 0.717) is 17.2 Å². The van der Waals surface area contributed by atoms with E-state index in [1.807, 2.05) is 44.2 Å². The first-order valence-electron chi connectivity index (χ1n) is 8.82. The van der Waals surface area contributed by atoms with Gasteiger partial charge in [0, 0.05) is 24.9 Å². The fourth-order valence-electron chi connectivity index (χ4n) is 2.99. The van der Waals surface area contributed by atoms with Gasteiger partial charge in [0.1, 0.15) is 17.2 Å². The Morgan fingerprint density at radius 2 is 1.93 bits per heavy atom. The number of aromatic nitrogens is 2. The van der Waals surface area contributed by atoms with Crippen LogP contribution in [0.1, 0.15) is 41.5 Å². The molecular weight excluding hydrogens is 378 g/mol. The second kappa shape index (κ2) is 7.93. The van der Waals surface area contributed by atoms with Gasteiger partial charge in [0.2, 0.25) is 5.91 Å². The summed E-state index contributed by atoms with van der Waals surface area (Å²) in [6.07, 6.45) is 0. The molecule has 3 rings (SSSR count). The molecular formula is C20H21N3O4S. The van der Waals surface area contributed by atoms with Crippen molar-refractivity contribution in [1.82, 2.24) is 14.5 Å². The fourth-order valence-corrected chi connectivity index (χ4v) is 3.90. The Bertz CT molecular complexity index is 1090. The molecule has 7 nitrogen and oxygen atoms in total. The van der Waals surface area contributed by atoms with Crippen LogP contribution in [0.15, 0.2) is 40.5 Å². The number of nitrogens with zero attached hydrogens (tertiary/aromatic N) is 3. The van der Waals surface area contributed by atoms with Gasteiger partial charge >= 0.3 is 5.97 Å². The van der Waals surface area contributed by atoms with Gasteiger partial charge < -0.3 is 10.0 Å². The number of likely N-dealkylation sites (N-methyl/N-ethyl adjacent to an activating group) is 1. The summed E-state index contributed by atoms with van der Waals surface area (Å²) in [6, 6.07) is 9.55. The first-order valence-corrected chi connectivity index (χ1v) is 9.70. The third kappa shape index (κ3) is 3.82. The average Bonchev–Trinajstić information content (AvgIpc) is 3.09. The summed E-state index contributed by atoms with van der Waals surface area (Å²) in [7, 11) is 1.68. The fraction of sp³-hybridized carbons (Fsp3) is 0.300. The topological polar surface area (TPSA) is 92.5 Å². The summed E-state index contributed by atoms with van der Waals surface area (Å²) in [4.78, 5) is 43.7. The van der Waals surface area contributed by atoms with Crippen molar-refractivity contribution in [3.05, 3.63) is 63.0 Å². The molecule has 0 aliphatic carbocycles. The summed E-state index contributed by atoms with van der Waals surface area (Å²) in [6.45, 7) is 4.00. The molecule has 2 heterocycles. The highest BCUT2D eigenvalue weighted by molar-refractivity contribution is 7.17. The summed E-state index contributed by atoms with van der Waals surface area (Å²) in [5.41, 5.74) is 0.412. The number of carbonyl (C=O) groups excluding carboxylic acids is 1. The molecule has 28 heavy (non-hydrogen) atoms. The lowest BCUT2D eigenvalue weighted by molar-refractivity contribution is -0.131. The summed E-state index contributed by atoms with van der Waals surface area (Å²) in [5, 5.41) is 10.8. The van der Waals surface area contributed by atoms with Crippen LogP contribution in [0.4, 0.5) is 0 Å². The molecule has 0 fully saturated rings. The maximum absolute atomic E-state index is 13.1. The maximum atomic E-state index is 13.1. The van der Waals surface area contributed by atoms with Crippen LogP contribution in [0.3, 0.4) is 0 Å². The van der Waals surface area contributed by atoms with Crippen molar-refractivity contribution in [2.45, 2.75) is 32.9 Å². The molecule has 3 aromatic rings. The Hall–Kier alpha value is -3.00. The normalized spacial score (nSPS) is 11.1. The smallest absolute Gasteiger partial charge is 0.337 e. The van der Waals surface area contributed by atoms with E-state index in [0.717, 1.165) is 16.9 Å². The lowest BCUT2D eigenvalue weighted by Gasteiger charge is -2.20. The van der Waals surface area contributed by atoms with Crippen molar-refractivity contribution >= 4 is 33.4 Å². The highest BCUT2D eigenvalue weighted by Crippen LogP contribution is 2.24. The number of carboxylic acids is 1. The van der Waals surface area contributed by atoms with Gasteiger partial charge in [-0.3, -0.25) is 14.2 Å². The zero-order valence-electron chi connectivity index (χ0n) is 15.9. The van der Waals surface area contributed by atoms with Crippen molar-refractivity contribution in [2.24, 2.45) is 0 Å². The van der Waals surface area contributed by atoms with E-state index in [9.17, 15) is 19.5 Å². The van der Waals surface area contributed by atoms with Crippen molar-refractivity contribution in [3.63, 3.8) is 0 Å². The van der Waals surface area contributed by atoms with Gasteiger partial charge in [-0.25, -0.2) is 9.78 Å². The lowest BCUT2D eigenvalue weighted by Crippen LogP contribution is -2.36. The van der Waals surface area contributed by atoms with Crippen LogP contribution in [0.2, 0.25) is 0 Å². The van der Waals surface area contributed by atoms with Crippen molar-refractivity contribution in [2.75, 3.05) is 7.05 Å². The SMILES string of the molecule is CC(C)c1nc2scc(C(=O)O)c2c(=O)n1CC(=O)N(C)Cc1ccccc1. The third-order valence-corrected chi connectivity index (χ3v) is 5.32. The monoisotopic (exact) mass is 399 g/mol. The van der Waals surface area contributed by atoms with E-state index in [2.05, 4.69) is 4.98 Å². The molecule has 146 valence electrons. The molecule has 0 spiro atoms. The quantitative estimate of drug-likeness (QED) is 0.688. The number of thiophene rings is 1. The number of rotatable bonds is 6. The standard InChI is InChI=1S/C20H21N3O4S/c1-12(2)17-21-18-16(14(11-28-18)20(26)27)19(25)23(17)10-15(24)22(3)9-13-7-5-4-6-8-13/h4-8,11-12H,9-10H2,1-3H3,(H,26,27). The number of carbonyl (C=O) groups is 2. The maximum Gasteiger partial charge on any atom is 0.337 e. The zero-order valence-corrected chi connectivity index (χ0v) is 16.7. The number of fused-ring (bicyclic) bond motifs is 1. The van der Waals surface area contributed by atoms with Crippen LogP contribution in [0.5, 0.6) is 0 Å². The first kappa shape index (κ1) is 19.8. The van der Waals surface area contributed by atoms with E-state index in [-0.39, 0.29) is 29.3 Å². The second-order valence-corrected chi connectivity index (χ2v) is 7.74. The van der Waals surface area contributed by atoms with Gasteiger partial charge in [-0.15, -0.1) is 11.3 Å². The van der Waals surface area contributed by atoms with Crippen LogP contribution in [0.25, 0.3) is 10.2 Å². The number of aromatic carboxylic acids is 1. The minimum atomic E-state index is -1.18. The molecule has 1 aromatic carbocycles. The summed E-state index contributed by atoms with van der Waals surface area (Å²) in [5.74, 6) is -1.06. The molecule has 0 saturated heterocycles.